The van der Waals surface area contributed by atoms with Crippen molar-refractivity contribution in [3.8, 4) is 0 Å². The zero-order valence-corrected chi connectivity index (χ0v) is 11.6. The van der Waals surface area contributed by atoms with Gasteiger partial charge in [-0.3, -0.25) is 10.1 Å². The monoisotopic (exact) mass is 310 g/mol. The minimum Gasteiger partial charge on any atom is -0.323 e. The third-order valence-corrected chi connectivity index (χ3v) is 4.03. The summed E-state index contributed by atoms with van der Waals surface area (Å²) in [6.07, 6.45) is 0. The van der Waals surface area contributed by atoms with Crippen LogP contribution < -0.4 is 5.73 Å². The van der Waals surface area contributed by atoms with Crippen LogP contribution in [0.25, 0.3) is 0 Å². The van der Waals surface area contributed by atoms with Gasteiger partial charge in [-0.05, 0) is 23.8 Å². The third kappa shape index (κ3) is 3.77. The zero-order chi connectivity index (χ0) is 15.4. The second-order valence-electron chi connectivity index (χ2n) is 4.32. The van der Waals surface area contributed by atoms with Gasteiger partial charge >= 0.3 is 0 Å². The van der Waals surface area contributed by atoms with Gasteiger partial charge in [-0.2, -0.15) is 0 Å². The fraction of sp³-hybridized carbons (Fsp3) is 0.143. The van der Waals surface area contributed by atoms with E-state index in [1.165, 1.54) is 23.9 Å². The molecule has 0 saturated heterocycles. The van der Waals surface area contributed by atoms with Crippen LogP contribution >= 0.6 is 11.8 Å². The summed E-state index contributed by atoms with van der Waals surface area (Å²) in [5.41, 5.74) is 6.35. The lowest BCUT2D eigenvalue weighted by molar-refractivity contribution is -0.387. The highest BCUT2D eigenvalue weighted by atomic mass is 32.2. The molecule has 0 spiro atoms. The lowest BCUT2D eigenvalue weighted by Gasteiger charge is -2.12. The Bertz CT molecular complexity index is 667. The molecule has 0 aliphatic heterocycles. The van der Waals surface area contributed by atoms with Gasteiger partial charge in [-0.15, -0.1) is 11.8 Å². The van der Waals surface area contributed by atoms with Gasteiger partial charge in [0.1, 0.15) is 0 Å². The average Bonchev–Trinajstić information content (AvgIpc) is 2.47. The van der Waals surface area contributed by atoms with Crippen LogP contribution in [0, 0.1) is 21.7 Å². The molecule has 0 bridgehead atoms. The van der Waals surface area contributed by atoms with Crippen LogP contribution in [0.1, 0.15) is 11.6 Å². The molecule has 0 saturated carbocycles. The highest BCUT2D eigenvalue weighted by molar-refractivity contribution is 7.99. The van der Waals surface area contributed by atoms with Crippen molar-refractivity contribution in [3.05, 3.63) is 69.8 Å². The minimum absolute atomic E-state index is 0.0000123. The van der Waals surface area contributed by atoms with Crippen LogP contribution in [0.4, 0.5) is 14.5 Å². The van der Waals surface area contributed by atoms with Gasteiger partial charge < -0.3 is 5.73 Å². The maximum Gasteiger partial charge on any atom is 0.282 e. The van der Waals surface area contributed by atoms with E-state index in [4.69, 9.17) is 5.73 Å². The number of hydrogen-bond donors (Lipinski definition) is 1. The van der Waals surface area contributed by atoms with Crippen molar-refractivity contribution in [1.82, 2.24) is 0 Å². The number of nitro benzene ring substituents is 1. The Labute approximate surface area is 124 Å². The first kappa shape index (κ1) is 15.4. The summed E-state index contributed by atoms with van der Waals surface area (Å²) in [5.74, 6) is -1.58. The van der Waals surface area contributed by atoms with E-state index in [2.05, 4.69) is 0 Å². The first-order valence-electron chi connectivity index (χ1n) is 6.06. The number of nitrogens with zero attached hydrogens (tertiary/aromatic N) is 1. The van der Waals surface area contributed by atoms with E-state index >= 15 is 0 Å². The molecule has 0 aliphatic rings. The second-order valence-corrected chi connectivity index (χ2v) is 5.38. The maximum absolute atomic E-state index is 13.1. The number of hydrogen-bond acceptors (Lipinski definition) is 4. The van der Waals surface area contributed by atoms with Gasteiger partial charge in [0.25, 0.3) is 5.69 Å². The van der Waals surface area contributed by atoms with Crippen molar-refractivity contribution >= 4 is 17.4 Å². The summed E-state index contributed by atoms with van der Waals surface area (Å²) in [7, 11) is 0. The SMILES string of the molecule is NC(CSc1ccccc1[N+](=O)[O-])c1ccc(F)c(F)c1. The maximum atomic E-state index is 13.1. The van der Waals surface area contributed by atoms with Crippen LogP contribution in [0.15, 0.2) is 47.4 Å². The predicted octanol–water partition coefficient (Wildman–Crippen LogP) is 3.67. The first-order valence-corrected chi connectivity index (χ1v) is 7.04. The van der Waals surface area contributed by atoms with Gasteiger partial charge in [-0.1, -0.05) is 18.2 Å². The van der Waals surface area contributed by atoms with Crippen molar-refractivity contribution in [1.29, 1.82) is 0 Å². The molecule has 0 amide bonds. The van der Waals surface area contributed by atoms with E-state index in [1.807, 2.05) is 0 Å². The molecule has 0 heterocycles. The van der Waals surface area contributed by atoms with Crippen LogP contribution in [0.3, 0.4) is 0 Å². The van der Waals surface area contributed by atoms with Crippen LogP contribution in [-0.2, 0) is 0 Å². The summed E-state index contributed by atoms with van der Waals surface area (Å²) in [6.45, 7) is 0. The number of nitrogens with two attached hydrogens (primary N) is 1. The number of halogens is 2. The fourth-order valence-corrected chi connectivity index (χ4v) is 2.77. The molecule has 2 aromatic carbocycles. The van der Waals surface area contributed by atoms with Gasteiger partial charge in [0.15, 0.2) is 11.6 Å². The molecular weight excluding hydrogens is 298 g/mol. The number of thioether (sulfide) groups is 1. The average molecular weight is 310 g/mol. The Morgan fingerprint density at radius 2 is 1.90 bits per heavy atom. The highest BCUT2D eigenvalue weighted by Gasteiger charge is 2.15. The van der Waals surface area contributed by atoms with Gasteiger partial charge in [-0.25, -0.2) is 8.78 Å². The Balaban J connectivity index is 2.09. The third-order valence-electron chi connectivity index (χ3n) is 2.85. The molecule has 2 N–H and O–H groups in total. The first-order chi connectivity index (χ1) is 9.99. The lowest BCUT2D eigenvalue weighted by Crippen LogP contribution is -2.13. The summed E-state index contributed by atoms with van der Waals surface area (Å²) in [5, 5.41) is 10.9. The predicted molar refractivity (Wildman–Crippen MR) is 77.1 cm³/mol. The molecule has 0 aromatic heterocycles. The van der Waals surface area contributed by atoms with E-state index in [0.717, 1.165) is 12.1 Å². The van der Waals surface area contributed by atoms with E-state index in [1.54, 1.807) is 18.2 Å². The van der Waals surface area contributed by atoms with Crippen molar-refractivity contribution in [2.24, 2.45) is 5.73 Å². The Morgan fingerprint density at radius 1 is 1.19 bits per heavy atom. The van der Waals surface area contributed by atoms with Crippen LogP contribution in [0.2, 0.25) is 0 Å². The molecular formula is C14H12F2N2O2S. The molecule has 7 heteroatoms. The summed E-state index contributed by atoms with van der Waals surface area (Å²) < 4.78 is 26.0. The Kier molecular flexibility index (Phi) is 4.87. The highest BCUT2D eigenvalue weighted by Crippen LogP contribution is 2.31. The quantitative estimate of drug-likeness (QED) is 0.520. The molecule has 21 heavy (non-hydrogen) atoms. The lowest BCUT2D eigenvalue weighted by atomic mass is 10.1. The minimum atomic E-state index is -0.960. The smallest absolute Gasteiger partial charge is 0.282 e. The molecule has 110 valence electrons. The van der Waals surface area contributed by atoms with Crippen molar-refractivity contribution in [3.63, 3.8) is 0 Å². The van der Waals surface area contributed by atoms with Crippen molar-refractivity contribution in [2.45, 2.75) is 10.9 Å². The topological polar surface area (TPSA) is 69.2 Å². The molecule has 0 fully saturated rings. The number of benzene rings is 2. The van der Waals surface area contributed by atoms with Crippen molar-refractivity contribution < 1.29 is 13.7 Å². The summed E-state index contributed by atoms with van der Waals surface area (Å²) in [6, 6.07) is 9.22. The Hall–Kier alpha value is -1.99. The van der Waals surface area contributed by atoms with Crippen LogP contribution in [-0.4, -0.2) is 10.7 Å². The Morgan fingerprint density at radius 3 is 2.57 bits per heavy atom. The van der Waals surface area contributed by atoms with Gasteiger partial charge in [0, 0.05) is 17.9 Å². The van der Waals surface area contributed by atoms with E-state index < -0.39 is 22.6 Å². The number of rotatable bonds is 5. The van der Waals surface area contributed by atoms with E-state index in [-0.39, 0.29) is 5.69 Å². The molecule has 1 atom stereocenters. The molecule has 2 aromatic rings. The molecule has 0 aliphatic carbocycles. The van der Waals surface area contributed by atoms with E-state index in [0.29, 0.717) is 16.2 Å². The molecule has 0 radical (unpaired) electrons. The molecule has 4 nitrogen and oxygen atoms in total. The van der Waals surface area contributed by atoms with Crippen LogP contribution in [0.5, 0.6) is 0 Å². The summed E-state index contributed by atoms with van der Waals surface area (Å²) >= 11 is 1.21. The molecule has 1 unspecified atom stereocenters. The second kappa shape index (κ2) is 6.64. The van der Waals surface area contributed by atoms with Crippen molar-refractivity contribution in [2.75, 3.05) is 5.75 Å². The fourth-order valence-electron chi connectivity index (χ4n) is 1.75. The number of nitro groups is 1. The standard InChI is InChI=1S/C14H12F2N2O2S/c15-10-6-5-9(7-11(10)16)12(17)8-21-14-4-2-1-3-13(14)18(19)20/h1-7,12H,8,17H2. The number of para-hydroxylation sites is 1. The van der Waals surface area contributed by atoms with Gasteiger partial charge in [0.2, 0.25) is 0 Å². The zero-order valence-electron chi connectivity index (χ0n) is 10.8. The largest absolute Gasteiger partial charge is 0.323 e. The van der Waals surface area contributed by atoms with Gasteiger partial charge in [0.05, 0.1) is 9.82 Å². The normalized spacial score (nSPS) is 12.1. The molecule has 2 rings (SSSR count). The van der Waals surface area contributed by atoms with E-state index in [9.17, 15) is 18.9 Å². The summed E-state index contributed by atoms with van der Waals surface area (Å²) in [4.78, 5) is 10.9.